The van der Waals surface area contributed by atoms with Gasteiger partial charge in [0.15, 0.2) is 5.50 Å². The smallest absolute Gasteiger partial charge is 0.260 e. The molecule has 31 heavy (non-hydrogen) atoms. The molecule has 1 atom stereocenters. The molecule has 158 valence electrons. The average molecular weight is 495 g/mol. The van der Waals surface area contributed by atoms with Crippen molar-refractivity contribution in [1.82, 2.24) is 5.32 Å². The van der Waals surface area contributed by atoms with Crippen molar-refractivity contribution >= 4 is 45.4 Å². The number of carbonyl (C=O) groups excluding carboxylic acids is 1. The van der Waals surface area contributed by atoms with Crippen molar-refractivity contribution in [3.63, 3.8) is 0 Å². The van der Waals surface area contributed by atoms with E-state index in [4.69, 9.17) is 4.74 Å². The van der Waals surface area contributed by atoms with Gasteiger partial charge >= 0.3 is 0 Å². The molecule has 0 aliphatic carbocycles. The van der Waals surface area contributed by atoms with Crippen LogP contribution < -0.4 is 15.4 Å². The van der Waals surface area contributed by atoms with Crippen LogP contribution in [0, 0.1) is 0 Å². The third-order valence-electron chi connectivity index (χ3n) is 4.89. The van der Waals surface area contributed by atoms with Crippen molar-refractivity contribution in [2.75, 3.05) is 5.32 Å². The van der Waals surface area contributed by atoms with Crippen LogP contribution in [0.1, 0.15) is 23.6 Å². The minimum absolute atomic E-state index is 0.0664. The van der Waals surface area contributed by atoms with Crippen LogP contribution in [-0.2, 0) is 17.8 Å². The van der Waals surface area contributed by atoms with E-state index in [-0.39, 0.29) is 11.4 Å². The first-order valence-corrected chi connectivity index (χ1v) is 11.8. The summed E-state index contributed by atoms with van der Waals surface area (Å²) < 4.78 is 6.90. The van der Waals surface area contributed by atoms with Crippen LogP contribution in [0.15, 0.2) is 82.2 Å². The Kier molecular flexibility index (Phi) is 6.99. The van der Waals surface area contributed by atoms with Gasteiger partial charge in [-0.05, 0) is 65.6 Å². The average Bonchev–Trinajstić information content (AvgIpc) is 3.13. The van der Waals surface area contributed by atoms with Gasteiger partial charge in [0.1, 0.15) is 12.4 Å². The molecule has 0 radical (unpaired) electrons. The van der Waals surface area contributed by atoms with E-state index in [0.717, 1.165) is 33.5 Å². The zero-order chi connectivity index (χ0) is 21.6. The first-order valence-electron chi connectivity index (χ1n) is 10.1. The summed E-state index contributed by atoms with van der Waals surface area (Å²) in [7, 11) is 0. The SMILES string of the molecule is CCc1ccc(N[C@H]2NC(=O)/C(=C/c3ccc(OCc4ccc(Br)cc4)cc3)S2)cc1. The quantitative estimate of drug-likeness (QED) is 0.384. The van der Waals surface area contributed by atoms with E-state index >= 15 is 0 Å². The first-order chi connectivity index (χ1) is 15.1. The van der Waals surface area contributed by atoms with Crippen LogP contribution in [0.25, 0.3) is 6.08 Å². The summed E-state index contributed by atoms with van der Waals surface area (Å²) in [5.41, 5.74) is 4.17. The lowest BCUT2D eigenvalue weighted by Gasteiger charge is -2.12. The minimum atomic E-state index is -0.181. The molecule has 1 saturated heterocycles. The second-order valence-electron chi connectivity index (χ2n) is 7.16. The summed E-state index contributed by atoms with van der Waals surface area (Å²) in [5, 5.41) is 6.32. The molecule has 1 aliphatic heterocycles. The van der Waals surface area contributed by atoms with Gasteiger partial charge in [0.25, 0.3) is 5.91 Å². The first kappa shape index (κ1) is 21.5. The summed E-state index contributed by atoms with van der Waals surface area (Å²) in [5.74, 6) is 0.729. The Hall–Kier alpha value is -2.70. The molecule has 0 unspecified atom stereocenters. The highest BCUT2D eigenvalue weighted by atomic mass is 79.9. The molecular formula is C25H23BrN2O2S. The Morgan fingerprint density at radius 2 is 1.68 bits per heavy atom. The highest BCUT2D eigenvalue weighted by Crippen LogP contribution is 2.30. The Balaban J connectivity index is 1.34. The summed E-state index contributed by atoms with van der Waals surface area (Å²) in [6.45, 7) is 2.65. The van der Waals surface area contributed by atoms with E-state index < -0.39 is 0 Å². The Morgan fingerprint density at radius 1 is 1.00 bits per heavy atom. The molecule has 4 rings (SSSR count). The van der Waals surface area contributed by atoms with Gasteiger partial charge in [-0.1, -0.05) is 71.0 Å². The van der Waals surface area contributed by atoms with Crippen molar-refractivity contribution < 1.29 is 9.53 Å². The Bertz CT molecular complexity index is 1060. The maximum atomic E-state index is 12.4. The number of anilines is 1. The zero-order valence-corrected chi connectivity index (χ0v) is 19.5. The van der Waals surface area contributed by atoms with Crippen LogP contribution in [-0.4, -0.2) is 11.4 Å². The van der Waals surface area contributed by atoms with Gasteiger partial charge in [0, 0.05) is 10.2 Å². The number of thioether (sulfide) groups is 1. The lowest BCUT2D eigenvalue weighted by molar-refractivity contribution is -0.116. The third kappa shape index (κ3) is 5.93. The fourth-order valence-electron chi connectivity index (χ4n) is 3.11. The number of ether oxygens (including phenoxy) is 1. The highest BCUT2D eigenvalue weighted by Gasteiger charge is 2.27. The number of amides is 1. The van der Waals surface area contributed by atoms with Crippen molar-refractivity contribution in [2.24, 2.45) is 0 Å². The van der Waals surface area contributed by atoms with Crippen LogP contribution in [0.4, 0.5) is 5.69 Å². The van der Waals surface area contributed by atoms with Crippen LogP contribution >= 0.6 is 27.7 Å². The number of hydrogen-bond donors (Lipinski definition) is 2. The van der Waals surface area contributed by atoms with Crippen LogP contribution in [0.2, 0.25) is 0 Å². The minimum Gasteiger partial charge on any atom is -0.489 e. The third-order valence-corrected chi connectivity index (χ3v) is 6.44. The van der Waals surface area contributed by atoms with Gasteiger partial charge in [0.2, 0.25) is 0 Å². The standard InChI is InChI=1S/C25H23BrN2O2S/c1-2-17-5-11-21(12-6-17)27-25-28-24(29)23(31-25)15-18-7-13-22(14-8-18)30-16-19-3-9-20(26)10-4-19/h3-15,25,27H,2,16H2,1H3,(H,28,29)/b23-15-/t25-/m0/s1. The Labute approximate surface area is 195 Å². The van der Waals surface area contributed by atoms with Gasteiger partial charge in [-0.2, -0.15) is 0 Å². The van der Waals surface area contributed by atoms with E-state index in [1.165, 1.54) is 17.3 Å². The topological polar surface area (TPSA) is 50.4 Å². The van der Waals surface area contributed by atoms with Gasteiger partial charge < -0.3 is 15.4 Å². The number of carbonyl (C=O) groups is 1. The van der Waals surface area contributed by atoms with E-state index in [2.05, 4.69) is 45.6 Å². The van der Waals surface area contributed by atoms with Crippen molar-refractivity contribution in [2.45, 2.75) is 25.4 Å². The molecule has 0 aromatic heterocycles. The van der Waals surface area contributed by atoms with E-state index in [1.807, 2.05) is 66.7 Å². The fourth-order valence-corrected chi connectivity index (χ4v) is 4.36. The van der Waals surface area contributed by atoms with Crippen molar-refractivity contribution in [1.29, 1.82) is 0 Å². The molecule has 1 heterocycles. The number of aryl methyl sites for hydroxylation is 1. The zero-order valence-electron chi connectivity index (χ0n) is 17.1. The van der Waals surface area contributed by atoms with Crippen molar-refractivity contribution in [3.8, 4) is 5.75 Å². The van der Waals surface area contributed by atoms with E-state index in [1.54, 1.807) is 0 Å². The molecule has 1 amide bonds. The molecule has 3 aromatic rings. The lowest BCUT2D eigenvalue weighted by Crippen LogP contribution is -2.30. The summed E-state index contributed by atoms with van der Waals surface area (Å²) in [6, 6.07) is 24.1. The summed E-state index contributed by atoms with van der Waals surface area (Å²) >= 11 is 4.92. The lowest BCUT2D eigenvalue weighted by atomic mass is 10.1. The van der Waals surface area contributed by atoms with Gasteiger partial charge in [-0.3, -0.25) is 4.79 Å². The molecule has 2 N–H and O–H groups in total. The maximum Gasteiger partial charge on any atom is 0.260 e. The molecule has 1 fully saturated rings. The molecule has 0 saturated carbocycles. The fraction of sp³-hybridized carbons (Fsp3) is 0.160. The summed E-state index contributed by atoms with van der Waals surface area (Å²) in [4.78, 5) is 13.0. The van der Waals surface area contributed by atoms with E-state index in [0.29, 0.717) is 11.5 Å². The molecule has 6 heteroatoms. The van der Waals surface area contributed by atoms with Crippen LogP contribution in [0.3, 0.4) is 0 Å². The second kappa shape index (κ2) is 10.1. The van der Waals surface area contributed by atoms with Gasteiger partial charge in [-0.15, -0.1) is 0 Å². The van der Waals surface area contributed by atoms with Gasteiger partial charge in [0.05, 0.1) is 4.91 Å². The second-order valence-corrected chi connectivity index (χ2v) is 9.22. The number of hydrogen-bond acceptors (Lipinski definition) is 4. The number of nitrogens with one attached hydrogen (secondary N) is 2. The maximum absolute atomic E-state index is 12.4. The highest BCUT2D eigenvalue weighted by molar-refractivity contribution is 9.10. The number of benzene rings is 3. The monoisotopic (exact) mass is 494 g/mol. The van der Waals surface area contributed by atoms with E-state index in [9.17, 15) is 4.79 Å². The predicted molar refractivity (Wildman–Crippen MR) is 132 cm³/mol. The summed E-state index contributed by atoms with van der Waals surface area (Å²) in [6.07, 6.45) is 2.91. The largest absolute Gasteiger partial charge is 0.489 e. The molecule has 3 aromatic carbocycles. The number of rotatable bonds is 7. The van der Waals surface area contributed by atoms with Gasteiger partial charge in [-0.25, -0.2) is 0 Å². The Morgan fingerprint density at radius 3 is 2.35 bits per heavy atom. The predicted octanol–water partition coefficient (Wildman–Crippen LogP) is 6.19. The molecule has 4 nitrogen and oxygen atoms in total. The molecular weight excluding hydrogens is 472 g/mol. The normalized spacial score (nSPS) is 16.9. The molecule has 1 aliphatic rings. The van der Waals surface area contributed by atoms with Crippen LogP contribution in [0.5, 0.6) is 5.75 Å². The number of halogens is 1. The molecule has 0 spiro atoms. The van der Waals surface area contributed by atoms with Crippen molar-refractivity contribution in [3.05, 3.63) is 98.9 Å². The molecule has 0 bridgehead atoms.